The van der Waals surface area contributed by atoms with Crippen molar-refractivity contribution < 1.29 is 14.3 Å². The molecule has 1 heterocycles. The Morgan fingerprint density at radius 1 is 0.935 bits per heavy atom. The van der Waals surface area contributed by atoms with Crippen molar-refractivity contribution in [2.45, 2.75) is 0 Å². The molecule has 154 valence electrons. The number of ether oxygens (including phenoxy) is 1. The summed E-state index contributed by atoms with van der Waals surface area (Å²) in [5, 5.41) is 3.15. The predicted molar refractivity (Wildman–Crippen MR) is 126 cm³/mol. The summed E-state index contributed by atoms with van der Waals surface area (Å²) in [7, 11) is 1.60. The minimum Gasteiger partial charge on any atom is -0.496 e. The first-order valence-corrected chi connectivity index (χ1v) is 10.2. The topological polar surface area (TPSA) is 58.6 Å². The molecular formula is C24H17ClN2O3S. The highest BCUT2D eigenvalue weighted by Crippen LogP contribution is 2.33. The van der Waals surface area contributed by atoms with Gasteiger partial charge in [-0.3, -0.25) is 19.8 Å². The molecule has 2 amide bonds. The van der Waals surface area contributed by atoms with Crippen LogP contribution in [0.4, 0.5) is 5.69 Å². The minimum atomic E-state index is -0.546. The Hall–Kier alpha value is -3.48. The fraction of sp³-hybridized carbons (Fsp3) is 0.0417. The predicted octanol–water partition coefficient (Wildman–Crippen LogP) is 4.85. The van der Waals surface area contributed by atoms with Gasteiger partial charge in [0.05, 0.1) is 12.8 Å². The summed E-state index contributed by atoms with van der Waals surface area (Å²) >= 11 is 11.2. The average molecular weight is 449 g/mol. The molecule has 0 atom stereocenters. The van der Waals surface area contributed by atoms with Gasteiger partial charge in [0, 0.05) is 10.6 Å². The average Bonchev–Trinajstić information content (AvgIpc) is 2.78. The molecule has 0 saturated carbocycles. The number of thiocarbonyl (C=S) groups is 1. The Balaban J connectivity index is 1.80. The van der Waals surface area contributed by atoms with Crippen LogP contribution < -0.4 is 15.0 Å². The van der Waals surface area contributed by atoms with Crippen molar-refractivity contribution in [2.24, 2.45) is 0 Å². The Kier molecular flexibility index (Phi) is 5.84. The van der Waals surface area contributed by atoms with E-state index in [0.29, 0.717) is 22.0 Å². The van der Waals surface area contributed by atoms with Crippen LogP contribution in [0.2, 0.25) is 5.02 Å². The van der Waals surface area contributed by atoms with Gasteiger partial charge in [-0.05, 0) is 59.8 Å². The van der Waals surface area contributed by atoms with Crippen LogP contribution in [0.25, 0.3) is 17.2 Å². The summed E-state index contributed by atoms with van der Waals surface area (Å²) in [5.74, 6) is -0.363. The van der Waals surface area contributed by atoms with Crippen LogP contribution in [0.3, 0.4) is 0 Å². The lowest BCUT2D eigenvalue weighted by Crippen LogP contribution is -2.54. The smallest absolute Gasteiger partial charge is 0.270 e. The van der Waals surface area contributed by atoms with Gasteiger partial charge in [-0.25, -0.2) is 0 Å². The van der Waals surface area contributed by atoms with Gasteiger partial charge in [-0.2, -0.15) is 0 Å². The Labute approximate surface area is 189 Å². The molecule has 1 aliphatic heterocycles. The largest absolute Gasteiger partial charge is 0.496 e. The van der Waals surface area contributed by atoms with Crippen LogP contribution in [0.15, 0.2) is 78.4 Å². The number of para-hydroxylation sites is 1. The number of amides is 2. The van der Waals surface area contributed by atoms with Crippen LogP contribution in [-0.4, -0.2) is 24.0 Å². The molecule has 0 aromatic heterocycles. The van der Waals surface area contributed by atoms with E-state index in [9.17, 15) is 9.59 Å². The molecule has 0 unspecified atom stereocenters. The van der Waals surface area contributed by atoms with Crippen molar-refractivity contribution in [1.82, 2.24) is 5.32 Å². The molecular weight excluding hydrogens is 432 g/mol. The molecule has 5 nitrogen and oxygen atoms in total. The van der Waals surface area contributed by atoms with Crippen molar-refractivity contribution >= 4 is 52.5 Å². The van der Waals surface area contributed by atoms with E-state index in [2.05, 4.69) is 5.32 Å². The Morgan fingerprint density at radius 2 is 1.58 bits per heavy atom. The molecule has 7 heteroatoms. The van der Waals surface area contributed by atoms with E-state index in [1.54, 1.807) is 37.5 Å². The van der Waals surface area contributed by atoms with Gasteiger partial charge in [0.2, 0.25) is 0 Å². The maximum atomic E-state index is 13.3. The van der Waals surface area contributed by atoms with E-state index in [-0.39, 0.29) is 10.7 Å². The third-order valence-electron chi connectivity index (χ3n) is 4.84. The molecule has 4 rings (SSSR count). The second-order valence-corrected chi connectivity index (χ2v) is 7.54. The van der Waals surface area contributed by atoms with Crippen LogP contribution in [0, 0.1) is 0 Å². The number of rotatable bonds is 4. The maximum Gasteiger partial charge on any atom is 0.270 e. The highest BCUT2D eigenvalue weighted by atomic mass is 35.5. The fourth-order valence-electron chi connectivity index (χ4n) is 3.37. The van der Waals surface area contributed by atoms with Gasteiger partial charge in [0.15, 0.2) is 5.11 Å². The number of benzene rings is 3. The number of halogens is 1. The lowest BCUT2D eigenvalue weighted by atomic mass is 9.96. The van der Waals surface area contributed by atoms with Crippen molar-refractivity contribution in [3.63, 3.8) is 0 Å². The Morgan fingerprint density at radius 3 is 2.29 bits per heavy atom. The number of nitrogens with zero attached hydrogens (tertiary/aromatic N) is 1. The fourth-order valence-corrected chi connectivity index (χ4v) is 3.78. The number of hydrogen-bond acceptors (Lipinski definition) is 4. The summed E-state index contributed by atoms with van der Waals surface area (Å²) in [4.78, 5) is 27.2. The highest BCUT2D eigenvalue weighted by molar-refractivity contribution is 7.80. The molecule has 31 heavy (non-hydrogen) atoms. The molecule has 1 saturated heterocycles. The van der Waals surface area contributed by atoms with E-state index in [0.717, 1.165) is 11.1 Å². The SMILES string of the molecule is COc1ccccc1-c1ccccc1/C=C1/C(=O)NC(=S)N(c2ccc(Cl)cc2)C1=O. The maximum absolute atomic E-state index is 13.3. The minimum absolute atomic E-state index is 0.0208. The summed E-state index contributed by atoms with van der Waals surface area (Å²) in [6.45, 7) is 0. The van der Waals surface area contributed by atoms with Crippen molar-refractivity contribution in [3.8, 4) is 16.9 Å². The van der Waals surface area contributed by atoms with E-state index >= 15 is 0 Å². The number of methoxy groups -OCH3 is 1. The first-order valence-electron chi connectivity index (χ1n) is 9.39. The van der Waals surface area contributed by atoms with Gasteiger partial charge < -0.3 is 4.74 Å². The molecule has 3 aromatic carbocycles. The summed E-state index contributed by atoms with van der Waals surface area (Å²) in [5.41, 5.74) is 2.88. The number of carbonyl (C=O) groups excluding carboxylic acids is 2. The first-order chi connectivity index (χ1) is 15.0. The lowest BCUT2D eigenvalue weighted by molar-refractivity contribution is -0.122. The molecule has 1 aliphatic rings. The van der Waals surface area contributed by atoms with Crippen molar-refractivity contribution in [1.29, 1.82) is 0 Å². The van der Waals surface area contributed by atoms with Crippen molar-refractivity contribution in [3.05, 3.63) is 89.0 Å². The second-order valence-electron chi connectivity index (χ2n) is 6.72. The molecule has 1 N–H and O–H groups in total. The normalized spacial score (nSPS) is 15.2. The second kappa shape index (κ2) is 8.71. The zero-order valence-electron chi connectivity index (χ0n) is 16.5. The third-order valence-corrected chi connectivity index (χ3v) is 5.38. The van der Waals surface area contributed by atoms with E-state index in [4.69, 9.17) is 28.6 Å². The van der Waals surface area contributed by atoms with Crippen LogP contribution in [-0.2, 0) is 9.59 Å². The molecule has 0 aliphatic carbocycles. The van der Waals surface area contributed by atoms with Crippen LogP contribution in [0.1, 0.15) is 5.56 Å². The van der Waals surface area contributed by atoms with E-state index in [1.165, 1.54) is 4.90 Å². The molecule has 3 aromatic rings. The zero-order chi connectivity index (χ0) is 22.0. The molecule has 0 bridgehead atoms. The molecule has 1 fully saturated rings. The first kappa shape index (κ1) is 20.8. The van der Waals surface area contributed by atoms with E-state index < -0.39 is 11.8 Å². The quantitative estimate of drug-likeness (QED) is 0.352. The molecule has 0 spiro atoms. The standard InChI is InChI=1S/C24H17ClN2O3S/c1-30-21-9-5-4-8-19(21)18-7-3-2-6-15(18)14-20-22(28)26-24(31)27(23(20)29)17-12-10-16(25)11-13-17/h2-14H,1H3,(H,26,28,31)/b20-14-. The van der Waals surface area contributed by atoms with Gasteiger partial charge in [0.1, 0.15) is 11.3 Å². The summed E-state index contributed by atoms with van der Waals surface area (Å²) in [6, 6.07) is 21.7. The van der Waals surface area contributed by atoms with Gasteiger partial charge in [-0.15, -0.1) is 0 Å². The third kappa shape index (κ3) is 4.08. The van der Waals surface area contributed by atoms with E-state index in [1.807, 2.05) is 48.5 Å². The van der Waals surface area contributed by atoms with Crippen LogP contribution >= 0.6 is 23.8 Å². The number of anilines is 1. The highest BCUT2D eigenvalue weighted by Gasteiger charge is 2.34. The molecule has 0 radical (unpaired) electrons. The zero-order valence-corrected chi connectivity index (χ0v) is 18.0. The van der Waals surface area contributed by atoms with Crippen LogP contribution in [0.5, 0.6) is 5.75 Å². The van der Waals surface area contributed by atoms with Crippen molar-refractivity contribution in [2.75, 3.05) is 12.0 Å². The monoisotopic (exact) mass is 448 g/mol. The number of hydrogen-bond donors (Lipinski definition) is 1. The number of carbonyl (C=O) groups is 2. The van der Waals surface area contributed by atoms with Gasteiger partial charge in [-0.1, -0.05) is 54.1 Å². The summed E-state index contributed by atoms with van der Waals surface area (Å²) < 4.78 is 5.48. The Bertz CT molecular complexity index is 1220. The van der Waals surface area contributed by atoms with Gasteiger partial charge in [0.25, 0.3) is 11.8 Å². The summed E-state index contributed by atoms with van der Waals surface area (Å²) in [6.07, 6.45) is 1.57. The number of nitrogens with one attached hydrogen (secondary N) is 1. The van der Waals surface area contributed by atoms with Gasteiger partial charge >= 0.3 is 0 Å². The lowest BCUT2D eigenvalue weighted by Gasteiger charge is -2.29.